The van der Waals surface area contributed by atoms with Crippen LogP contribution in [0.5, 0.6) is 0 Å². The molecule has 0 saturated carbocycles. The third-order valence-electron chi connectivity index (χ3n) is 3.29. The molecule has 2 aromatic heterocycles. The van der Waals surface area contributed by atoms with Gasteiger partial charge in [-0.25, -0.2) is 0 Å². The number of ether oxygens (including phenoxy) is 1. The van der Waals surface area contributed by atoms with Gasteiger partial charge in [0.2, 0.25) is 0 Å². The molecule has 1 aliphatic heterocycles. The van der Waals surface area contributed by atoms with Gasteiger partial charge >= 0.3 is 0 Å². The second kappa shape index (κ2) is 5.13. The Labute approximate surface area is 116 Å². The van der Waals surface area contributed by atoms with Crippen LogP contribution in [-0.4, -0.2) is 19.8 Å². The fourth-order valence-electron chi connectivity index (χ4n) is 2.15. The van der Waals surface area contributed by atoms with E-state index in [2.05, 4.69) is 47.3 Å². The van der Waals surface area contributed by atoms with Crippen LogP contribution >= 0.6 is 22.7 Å². The Bertz CT molecular complexity index is 440. The molecular formula is C14H17NOS2. The number of rotatable bonds is 5. The minimum atomic E-state index is 0.312. The van der Waals surface area contributed by atoms with Gasteiger partial charge in [0.25, 0.3) is 0 Å². The first-order chi connectivity index (χ1) is 8.77. The summed E-state index contributed by atoms with van der Waals surface area (Å²) < 4.78 is 5.32. The summed E-state index contributed by atoms with van der Waals surface area (Å²) in [5.41, 5.74) is 0.312. The zero-order valence-electron chi connectivity index (χ0n) is 10.4. The molecule has 2 aromatic rings. The van der Waals surface area contributed by atoms with Gasteiger partial charge in [0.05, 0.1) is 19.3 Å². The summed E-state index contributed by atoms with van der Waals surface area (Å²) in [6, 6.07) is 9.00. The molecule has 0 radical (unpaired) electrons. The predicted octanol–water partition coefficient (Wildman–Crippen LogP) is 3.53. The zero-order chi connectivity index (χ0) is 12.4. The summed E-state index contributed by atoms with van der Waals surface area (Å²) in [6.07, 6.45) is 0. The van der Waals surface area contributed by atoms with Crippen LogP contribution in [0.25, 0.3) is 0 Å². The third-order valence-corrected chi connectivity index (χ3v) is 5.16. The zero-order valence-corrected chi connectivity index (χ0v) is 12.0. The molecule has 3 heterocycles. The molecule has 18 heavy (non-hydrogen) atoms. The van der Waals surface area contributed by atoms with Crippen molar-refractivity contribution >= 4 is 22.7 Å². The number of hydrogen-bond donors (Lipinski definition) is 1. The smallest absolute Gasteiger partial charge is 0.0765 e. The van der Waals surface area contributed by atoms with Crippen molar-refractivity contribution in [1.29, 1.82) is 0 Å². The molecule has 4 heteroatoms. The highest BCUT2D eigenvalue weighted by molar-refractivity contribution is 7.11. The summed E-state index contributed by atoms with van der Waals surface area (Å²) in [7, 11) is 0. The molecule has 0 amide bonds. The van der Waals surface area contributed by atoms with Gasteiger partial charge in [-0.3, -0.25) is 0 Å². The summed E-state index contributed by atoms with van der Waals surface area (Å²) in [4.78, 5) is 2.78. The highest BCUT2D eigenvalue weighted by Crippen LogP contribution is 2.31. The third kappa shape index (κ3) is 2.52. The van der Waals surface area contributed by atoms with E-state index in [1.807, 2.05) is 22.7 Å². The lowest BCUT2D eigenvalue weighted by molar-refractivity contribution is -0.0996. The molecule has 2 nitrogen and oxygen atoms in total. The summed E-state index contributed by atoms with van der Waals surface area (Å²) in [5.74, 6) is 0. The lowest BCUT2D eigenvalue weighted by Crippen LogP contribution is -2.48. The van der Waals surface area contributed by atoms with Gasteiger partial charge in [0, 0.05) is 21.7 Å². The van der Waals surface area contributed by atoms with E-state index in [4.69, 9.17) is 4.74 Å². The molecule has 0 aliphatic carbocycles. The summed E-state index contributed by atoms with van der Waals surface area (Å²) >= 11 is 3.64. The minimum Gasteiger partial charge on any atom is -0.380 e. The van der Waals surface area contributed by atoms with Gasteiger partial charge in [0.15, 0.2) is 0 Å². The molecule has 1 N–H and O–H groups in total. The molecule has 3 rings (SSSR count). The second-order valence-corrected chi connectivity index (χ2v) is 7.11. The van der Waals surface area contributed by atoms with E-state index in [1.54, 1.807) is 0 Å². The van der Waals surface area contributed by atoms with Crippen molar-refractivity contribution in [1.82, 2.24) is 5.32 Å². The van der Waals surface area contributed by atoms with E-state index in [1.165, 1.54) is 9.75 Å². The topological polar surface area (TPSA) is 21.3 Å². The van der Waals surface area contributed by atoms with Crippen molar-refractivity contribution in [2.45, 2.75) is 13.0 Å². The maximum absolute atomic E-state index is 5.32. The molecule has 0 atom stereocenters. The van der Waals surface area contributed by atoms with Crippen LogP contribution in [0, 0.1) is 5.41 Å². The van der Waals surface area contributed by atoms with Crippen molar-refractivity contribution in [3.63, 3.8) is 0 Å². The molecule has 96 valence electrons. The van der Waals surface area contributed by atoms with E-state index >= 15 is 0 Å². The summed E-state index contributed by atoms with van der Waals surface area (Å²) in [5, 5.41) is 8.00. The van der Waals surface area contributed by atoms with Crippen LogP contribution in [-0.2, 0) is 4.74 Å². The van der Waals surface area contributed by atoms with Crippen LogP contribution in [0.15, 0.2) is 35.0 Å². The van der Waals surface area contributed by atoms with E-state index in [9.17, 15) is 0 Å². The monoisotopic (exact) mass is 279 g/mol. The lowest BCUT2D eigenvalue weighted by Gasteiger charge is -2.39. The molecule has 0 unspecified atom stereocenters. The molecular weight excluding hydrogens is 262 g/mol. The second-order valence-electron chi connectivity index (χ2n) is 5.15. The van der Waals surface area contributed by atoms with Crippen molar-refractivity contribution in [3.05, 3.63) is 44.8 Å². The van der Waals surface area contributed by atoms with Crippen molar-refractivity contribution in [2.75, 3.05) is 19.8 Å². The molecule has 0 spiro atoms. The molecule has 1 fully saturated rings. The maximum Gasteiger partial charge on any atom is 0.0765 e. The first-order valence-corrected chi connectivity index (χ1v) is 7.91. The van der Waals surface area contributed by atoms with Crippen LogP contribution < -0.4 is 5.32 Å². The van der Waals surface area contributed by atoms with E-state index in [0.29, 0.717) is 11.5 Å². The first-order valence-electron chi connectivity index (χ1n) is 6.15. The lowest BCUT2D eigenvalue weighted by atomic mass is 9.88. The SMILES string of the molecule is CC1(CNC(c2cccs2)c2cccs2)COC1. The van der Waals surface area contributed by atoms with Crippen LogP contribution in [0.1, 0.15) is 22.7 Å². The first kappa shape index (κ1) is 12.4. The van der Waals surface area contributed by atoms with Gasteiger partial charge in [-0.05, 0) is 22.9 Å². The van der Waals surface area contributed by atoms with Gasteiger partial charge in [-0.1, -0.05) is 19.1 Å². The van der Waals surface area contributed by atoms with Gasteiger partial charge < -0.3 is 10.1 Å². The number of hydrogen-bond acceptors (Lipinski definition) is 4. The molecule has 1 aliphatic rings. The largest absolute Gasteiger partial charge is 0.380 e. The van der Waals surface area contributed by atoms with E-state index in [-0.39, 0.29) is 0 Å². The fraction of sp³-hybridized carbons (Fsp3) is 0.429. The number of thiophene rings is 2. The van der Waals surface area contributed by atoms with Gasteiger partial charge in [-0.15, -0.1) is 22.7 Å². The normalized spacial score (nSPS) is 17.9. The van der Waals surface area contributed by atoms with Crippen LogP contribution in [0.3, 0.4) is 0 Å². The van der Waals surface area contributed by atoms with Crippen LogP contribution in [0.4, 0.5) is 0 Å². The Hall–Kier alpha value is -0.680. The quantitative estimate of drug-likeness (QED) is 0.904. The Morgan fingerprint density at radius 2 is 1.83 bits per heavy atom. The molecule has 0 aromatic carbocycles. The van der Waals surface area contributed by atoms with Gasteiger partial charge in [0.1, 0.15) is 0 Å². The minimum absolute atomic E-state index is 0.312. The van der Waals surface area contributed by atoms with Gasteiger partial charge in [-0.2, -0.15) is 0 Å². The number of nitrogens with one attached hydrogen (secondary N) is 1. The van der Waals surface area contributed by atoms with E-state index in [0.717, 1.165) is 19.8 Å². The average molecular weight is 279 g/mol. The fourth-order valence-corrected chi connectivity index (χ4v) is 3.86. The predicted molar refractivity (Wildman–Crippen MR) is 77.4 cm³/mol. The van der Waals surface area contributed by atoms with Crippen molar-refractivity contribution in [3.8, 4) is 0 Å². The standard InChI is InChI=1S/C14H17NOS2/c1-14(9-16-10-14)8-15-13(11-4-2-6-17-11)12-5-3-7-18-12/h2-7,13,15H,8-10H2,1H3. The molecule has 0 bridgehead atoms. The molecule has 1 saturated heterocycles. The van der Waals surface area contributed by atoms with Crippen molar-refractivity contribution < 1.29 is 4.74 Å². The Balaban J connectivity index is 1.74. The Kier molecular flexibility index (Phi) is 3.52. The summed E-state index contributed by atoms with van der Waals surface area (Å²) in [6.45, 7) is 5.04. The highest BCUT2D eigenvalue weighted by Gasteiger charge is 2.34. The average Bonchev–Trinajstić information content (AvgIpc) is 2.99. The maximum atomic E-state index is 5.32. The van der Waals surface area contributed by atoms with Crippen LogP contribution in [0.2, 0.25) is 0 Å². The van der Waals surface area contributed by atoms with Crippen molar-refractivity contribution in [2.24, 2.45) is 5.41 Å². The Morgan fingerprint density at radius 1 is 1.22 bits per heavy atom. The van der Waals surface area contributed by atoms with E-state index < -0.39 is 0 Å². The highest BCUT2D eigenvalue weighted by atomic mass is 32.1. The Morgan fingerprint density at radius 3 is 2.22 bits per heavy atom.